The average molecular weight is 283 g/mol. The fourth-order valence-corrected chi connectivity index (χ4v) is 3.17. The van der Waals surface area contributed by atoms with Gasteiger partial charge in [-0.1, -0.05) is 30.4 Å². The van der Waals surface area contributed by atoms with Gasteiger partial charge in [-0.15, -0.1) is 0 Å². The predicted molar refractivity (Wildman–Crippen MR) is 86.8 cm³/mol. The number of anilines is 2. The molecule has 2 aromatic rings. The second kappa shape index (κ2) is 4.87. The Morgan fingerprint density at radius 1 is 1.25 bits per heavy atom. The van der Waals surface area contributed by atoms with E-state index < -0.39 is 0 Å². The number of hydrogen-bond acceptors (Lipinski definition) is 3. The number of nitrogens with zero attached hydrogens (tertiary/aromatic N) is 2. The van der Waals surface area contributed by atoms with Gasteiger partial charge in [-0.05, 0) is 38.0 Å². The Balaban J connectivity index is 2.19. The van der Waals surface area contributed by atoms with E-state index >= 15 is 0 Å². The molecule has 0 aliphatic carbocycles. The lowest BCUT2D eigenvalue weighted by molar-refractivity contribution is 0.984. The summed E-state index contributed by atoms with van der Waals surface area (Å²) in [4.78, 5) is 7.20. The number of hydrogen-bond donors (Lipinski definition) is 1. The molecule has 1 aromatic carbocycles. The van der Waals surface area contributed by atoms with Gasteiger partial charge in [0.25, 0.3) is 0 Å². The van der Waals surface area contributed by atoms with Crippen molar-refractivity contribution in [2.24, 2.45) is 5.73 Å². The first-order chi connectivity index (χ1) is 9.58. The summed E-state index contributed by atoms with van der Waals surface area (Å²) in [6, 6.07) is 10.6. The standard InChI is InChI=1S/C16H17N3S/c1-10-9-14(15(16(17)20)11(2)18-10)19-8-7-12-5-3-4-6-13(12)19/h3-6,9H,7-8H2,1-2H3,(H2,17,20). The van der Waals surface area contributed by atoms with E-state index in [1.807, 2.05) is 13.8 Å². The largest absolute Gasteiger partial charge is 0.389 e. The Bertz CT molecular complexity index is 694. The Kier molecular flexibility index (Phi) is 3.18. The summed E-state index contributed by atoms with van der Waals surface area (Å²) in [6.07, 6.45) is 1.05. The maximum Gasteiger partial charge on any atom is 0.107 e. The molecule has 1 aliphatic rings. The molecule has 1 aromatic heterocycles. The van der Waals surface area contributed by atoms with Crippen LogP contribution < -0.4 is 10.6 Å². The van der Waals surface area contributed by atoms with Crippen molar-refractivity contribution in [3.05, 3.63) is 52.8 Å². The molecule has 0 unspecified atom stereocenters. The molecule has 1 aliphatic heterocycles. The molecule has 0 atom stereocenters. The highest BCUT2D eigenvalue weighted by Gasteiger charge is 2.24. The number of aromatic nitrogens is 1. The Morgan fingerprint density at radius 2 is 2.00 bits per heavy atom. The summed E-state index contributed by atoms with van der Waals surface area (Å²) in [7, 11) is 0. The molecule has 20 heavy (non-hydrogen) atoms. The topological polar surface area (TPSA) is 42.1 Å². The molecule has 0 amide bonds. The zero-order chi connectivity index (χ0) is 14.3. The summed E-state index contributed by atoms with van der Waals surface area (Å²) in [5.74, 6) is 0. The highest BCUT2D eigenvalue weighted by molar-refractivity contribution is 7.80. The summed E-state index contributed by atoms with van der Waals surface area (Å²) in [5, 5.41) is 0. The highest BCUT2D eigenvalue weighted by atomic mass is 32.1. The van der Waals surface area contributed by atoms with Crippen molar-refractivity contribution in [1.82, 2.24) is 4.98 Å². The van der Waals surface area contributed by atoms with Crippen molar-refractivity contribution in [3.63, 3.8) is 0 Å². The van der Waals surface area contributed by atoms with Gasteiger partial charge in [-0.2, -0.15) is 0 Å². The molecule has 0 spiro atoms. The number of aryl methyl sites for hydroxylation is 2. The van der Waals surface area contributed by atoms with E-state index in [1.54, 1.807) is 0 Å². The molecule has 0 bridgehead atoms. The first-order valence-electron chi connectivity index (χ1n) is 6.71. The van der Waals surface area contributed by atoms with Gasteiger partial charge in [0.2, 0.25) is 0 Å². The van der Waals surface area contributed by atoms with E-state index in [0.29, 0.717) is 4.99 Å². The Labute approximate surface area is 124 Å². The number of nitrogens with two attached hydrogens (primary N) is 1. The van der Waals surface area contributed by atoms with Gasteiger partial charge in [-0.25, -0.2) is 0 Å². The molecular weight excluding hydrogens is 266 g/mol. The molecule has 2 heterocycles. The molecule has 0 saturated carbocycles. The van der Waals surface area contributed by atoms with E-state index in [1.165, 1.54) is 11.3 Å². The number of benzene rings is 1. The van der Waals surface area contributed by atoms with Gasteiger partial charge < -0.3 is 10.6 Å². The van der Waals surface area contributed by atoms with Crippen LogP contribution >= 0.6 is 12.2 Å². The van der Waals surface area contributed by atoms with Crippen LogP contribution in [0, 0.1) is 13.8 Å². The molecule has 3 rings (SSSR count). The predicted octanol–water partition coefficient (Wildman–Crippen LogP) is 3.03. The minimum absolute atomic E-state index is 0.411. The van der Waals surface area contributed by atoms with Gasteiger partial charge in [0, 0.05) is 23.6 Å². The third-order valence-corrected chi connectivity index (χ3v) is 3.94. The zero-order valence-corrected chi connectivity index (χ0v) is 12.5. The van der Waals surface area contributed by atoms with Crippen LogP contribution in [0.1, 0.15) is 22.5 Å². The maximum atomic E-state index is 5.92. The first-order valence-corrected chi connectivity index (χ1v) is 7.12. The van der Waals surface area contributed by atoms with E-state index in [2.05, 4.69) is 40.2 Å². The van der Waals surface area contributed by atoms with E-state index in [-0.39, 0.29) is 0 Å². The lowest BCUT2D eigenvalue weighted by Crippen LogP contribution is -2.22. The van der Waals surface area contributed by atoms with Crippen LogP contribution in [0.5, 0.6) is 0 Å². The minimum Gasteiger partial charge on any atom is -0.389 e. The second-order valence-electron chi connectivity index (χ2n) is 5.14. The van der Waals surface area contributed by atoms with Crippen LogP contribution in [0.25, 0.3) is 0 Å². The van der Waals surface area contributed by atoms with Gasteiger partial charge in [-0.3, -0.25) is 4.98 Å². The smallest absolute Gasteiger partial charge is 0.107 e. The van der Waals surface area contributed by atoms with Crippen molar-refractivity contribution in [1.29, 1.82) is 0 Å². The van der Waals surface area contributed by atoms with Crippen LogP contribution in [0.4, 0.5) is 11.4 Å². The SMILES string of the molecule is Cc1cc(N2CCc3ccccc32)c(C(N)=S)c(C)n1. The van der Waals surface area contributed by atoms with Crippen LogP contribution in [0.15, 0.2) is 30.3 Å². The monoisotopic (exact) mass is 283 g/mol. The first kappa shape index (κ1) is 13.1. The van der Waals surface area contributed by atoms with Gasteiger partial charge >= 0.3 is 0 Å². The molecular formula is C16H17N3S. The lowest BCUT2D eigenvalue weighted by atomic mass is 10.1. The Hall–Kier alpha value is -1.94. The van der Waals surface area contributed by atoms with Gasteiger partial charge in [0.15, 0.2) is 0 Å². The maximum absolute atomic E-state index is 5.92. The molecule has 4 heteroatoms. The summed E-state index contributed by atoms with van der Waals surface area (Å²) < 4.78 is 0. The van der Waals surface area contributed by atoms with Crippen LogP contribution in [-0.2, 0) is 6.42 Å². The van der Waals surface area contributed by atoms with Crippen molar-refractivity contribution in [3.8, 4) is 0 Å². The molecule has 2 N–H and O–H groups in total. The minimum atomic E-state index is 0.411. The molecule has 3 nitrogen and oxygen atoms in total. The number of thiocarbonyl (C=S) groups is 1. The molecule has 0 fully saturated rings. The van der Waals surface area contributed by atoms with E-state index in [4.69, 9.17) is 18.0 Å². The van der Waals surface area contributed by atoms with Crippen molar-refractivity contribution in [2.75, 3.05) is 11.4 Å². The van der Waals surface area contributed by atoms with Crippen molar-refractivity contribution >= 4 is 28.6 Å². The van der Waals surface area contributed by atoms with Crippen LogP contribution in [0.3, 0.4) is 0 Å². The van der Waals surface area contributed by atoms with Crippen molar-refractivity contribution < 1.29 is 0 Å². The number of pyridine rings is 1. The van der Waals surface area contributed by atoms with Crippen LogP contribution in [0.2, 0.25) is 0 Å². The second-order valence-corrected chi connectivity index (χ2v) is 5.58. The summed E-state index contributed by atoms with van der Waals surface area (Å²) >= 11 is 5.23. The third kappa shape index (κ3) is 2.06. The lowest BCUT2D eigenvalue weighted by Gasteiger charge is -2.24. The fourth-order valence-electron chi connectivity index (χ4n) is 2.91. The summed E-state index contributed by atoms with van der Waals surface area (Å²) in [5.41, 5.74) is 12.4. The third-order valence-electron chi connectivity index (χ3n) is 3.73. The molecule has 0 radical (unpaired) electrons. The average Bonchev–Trinajstić information content (AvgIpc) is 2.80. The number of para-hydroxylation sites is 1. The fraction of sp³-hybridized carbons (Fsp3) is 0.250. The van der Waals surface area contributed by atoms with Gasteiger partial charge in [0.1, 0.15) is 4.99 Å². The van der Waals surface area contributed by atoms with E-state index in [0.717, 1.165) is 35.6 Å². The Morgan fingerprint density at radius 3 is 2.75 bits per heavy atom. The van der Waals surface area contributed by atoms with Gasteiger partial charge in [0.05, 0.1) is 11.3 Å². The number of rotatable bonds is 2. The van der Waals surface area contributed by atoms with Crippen molar-refractivity contribution in [2.45, 2.75) is 20.3 Å². The zero-order valence-electron chi connectivity index (χ0n) is 11.7. The molecule has 102 valence electrons. The summed E-state index contributed by atoms with van der Waals surface area (Å²) in [6.45, 7) is 4.92. The molecule has 0 saturated heterocycles. The number of fused-ring (bicyclic) bond motifs is 1. The van der Waals surface area contributed by atoms with Crippen LogP contribution in [-0.4, -0.2) is 16.5 Å². The highest BCUT2D eigenvalue weighted by Crippen LogP contribution is 2.37. The van der Waals surface area contributed by atoms with E-state index in [9.17, 15) is 0 Å². The normalized spacial score (nSPS) is 13.4. The quantitative estimate of drug-likeness (QED) is 0.860.